The van der Waals surface area contributed by atoms with Crippen LogP contribution in [0, 0.1) is 0 Å². The number of carbonyl (C=O) groups is 2. The largest absolute Gasteiger partial charge is 0.495 e. The van der Waals surface area contributed by atoms with Crippen LogP contribution in [-0.4, -0.2) is 51.6 Å². The highest BCUT2D eigenvalue weighted by molar-refractivity contribution is 7.92. The first-order valence-electron chi connectivity index (χ1n) is 10.1. The number of carbonyl (C=O) groups excluding carboxylic acids is 2. The molecule has 2 amide bonds. The number of methoxy groups -OCH3 is 1. The lowest BCUT2D eigenvalue weighted by molar-refractivity contribution is -0.128. The summed E-state index contributed by atoms with van der Waals surface area (Å²) in [6, 6.07) is 12.1. The van der Waals surface area contributed by atoms with Gasteiger partial charge in [-0.2, -0.15) is 0 Å². The first kappa shape index (κ1) is 23.9. The Labute approximate surface area is 193 Å². The summed E-state index contributed by atoms with van der Waals surface area (Å²) < 4.78 is 30.6. The molecule has 1 saturated heterocycles. The van der Waals surface area contributed by atoms with Crippen molar-refractivity contribution < 1.29 is 22.7 Å². The maximum absolute atomic E-state index is 12.5. The third-order valence-corrected chi connectivity index (χ3v) is 6.57. The summed E-state index contributed by atoms with van der Waals surface area (Å²) in [4.78, 5) is 26.2. The molecule has 0 aromatic heterocycles. The van der Waals surface area contributed by atoms with Crippen LogP contribution >= 0.6 is 11.6 Å². The summed E-state index contributed by atoms with van der Waals surface area (Å²) in [5.41, 5.74) is 2.12. The molecule has 1 heterocycles. The number of likely N-dealkylation sites (tertiary alicyclic amines) is 1. The van der Waals surface area contributed by atoms with Crippen LogP contribution < -0.4 is 14.4 Å². The van der Waals surface area contributed by atoms with Crippen molar-refractivity contribution in [2.75, 3.05) is 30.8 Å². The fourth-order valence-electron chi connectivity index (χ4n) is 3.53. The number of halogens is 1. The van der Waals surface area contributed by atoms with E-state index in [2.05, 4.69) is 5.32 Å². The summed E-state index contributed by atoms with van der Waals surface area (Å²) in [5.74, 6) is 0.106. The number of nitrogens with zero attached hydrogens (tertiary/aromatic N) is 2. The Hall–Kier alpha value is -2.78. The summed E-state index contributed by atoms with van der Waals surface area (Å²) >= 11 is 6.11. The molecule has 0 radical (unpaired) electrons. The molecule has 0 bridgehead atoms. The molecule has 1 fully saturated rings. The number of hydrogen-bond acceptors (Lipinski definition) is 5. The van der Waals surface area contributed by atoms with E-state index in [-0.39, 0.29) is 29.7 Å². The van der Waals surface area contributed by atoms with E-state index in [1.54, 1.807) is 6.07 Å². The van der Waals surface area contributed by atoms with Crippen molar-refractivity contribution in [3.63, 3.8) is 0 Å². The van der Waals surface area contributed by atoms with Gasteiger partial charge in [-0.15, -0.1) is 0 Å². The highest BCUT2D eigenvalue weighted by atomic mass is 35.5. The van der Waals surface area contributed by atoms with Gasteiger partial charge in [-0.1, -0.05) is 35.9 Å². The van der Waals surface area contributed by atoms with Gasteiger partial charge in [0.25, 0.3) is 0 Å². The highest BCUT2D eigenvalue weighted by Crippen LogP contribution is 2.30. The van der Waals surface area contributed by atoms with Crippen molar-refractivity contribution >= 4 is 39.1 Å². The van der Waals surface area contributed by atoms with Gasteiger partial charge in [-0.05, 0) is 35.7 Å². The normalized spacial score (nSPS) is 13.8. The minimum absolute atomic E-state index is 0.156. The lowest BCUT2D eigenvalue weighted by Gasteiger charge is -2.22. The third kappa shape index (κ3) is 6.14. The van der Waals surface area contributed by atoms with E-state index in [1.807, 2.05) is 29.2 Å². The third-order valence-electron chi connectivity index (χ3n) is 5.14. The number of benzene rings is 2. The zero-order valence-corrected chi connectivity index (χ0v) is 19.6. The van der Waals surface area contributed by atoms with Gasteiger partial charge in [0.1, 0.15) is 12.3 Å². The molecular formula is C22H26ClN3O5S. The number of ether oxygens (including phenoxy) is 1. The Kier molecular flexibility index (Phi) is 7.63. The van der Waals surface area contributed by atoms with Crippen molar-refractivity contribution in [3.05, 3.63) is 58.6 Å². The summed E-state index contributed by atoms with van der Waals surface area (Å²) in [6.07, 6.45) is 2.50. The van der Waals surface area contributed by atoms with Gasteiger partial charge in [0, 0.05) is 26.1 Å². The molecule has 0 spiro atoms. The van der Waals surface area contributed by atoms with E-state index < -0.39 is 15.9 Å². The van der Waals surface area contributed by atoms with E-state index in [0.29, 0.717) is 18.7 Å². The number of hydrogen-bond donors (Lipinski definition) is 1. The minimum atomic E-state index is -3.72. The topological polar surface area (TPSA) is 96.0 Å². The van der Waals surface area contributed by atoms with Gasteiger partial charge < -0.3 is 15.0 Å². The van der Waals surface area contributed by atoms with Crippen LogP contribution in [0.15, 0.2) is 42.5 Å². The monoisotopic (exact) mass is 479 g/mol. The second-order valence-corrected chi connectivity index (χ2v) is 9.92. The van der Waals surface area contributed by atoms with Gasteiger partial charge in [-0.3, -0.25) is 13.9 Å². The summed E-state index contributed by atoms with van der Waals surface area (Å²) in [6.45, 7) is 1.16. The van der Waals surface area contributed by atoms with Crippen molar-refractivity contribution in [1.29, 1.82) is 0 Å². The number of amides is 2. The van der Waals surface area contributed by atoms with Gasteiger partial charge >= 0.3 is 0 Å². The van der Waals surface area contributed by atoms with E-state index in [9.17, 15) is 18.0 Å². The quantitative estimate of drug-likeness (QED) is 0.596. The van der Waals surface area contributed by atoms with Crippen LogP contribution in [0.5, 0.6) is 5.75 Å². The first-order valence-corrected chi connectivity index (χ1v) is 12.3. The number of sulfonamides is 1. The average molecular weight is 480 g/mol. The Morgan fingerprint density at radius 3 is 2.59 bits per heavy atom. The van der Waals surface area contributed by atoms with Gasteiger partial charge in [-0.25, -0.2) is 8.42 Å². The summed E-state index contributed by atoms with van der Waals surface area (Å²) in [7, 11) is -2.26. The van der Waals surface area contributed by atoms with E-state index in [4.69, 9.17) is 16.3 Å². The molecule has 10 heteroatoms. The predicted octanol–water partition coefficient (Wildman–Crippen LogP) is 2.55. The van der Waals surface area contributed by atoms with Gasteiger partial charge in [0.2, 0.25) is 21.8 Å². The Morgan fingerprint density at radius 2 is 1.97 bits per heavy atom. The van der Waals surface area contributed by atoms with Crippen LogP contribution in [0.25, 0.3) is 0 Å². The zero-order chi connectivity index (χ0) is 23.3. The predicted molar refractivity (Wildman–Crippen MR) is 123 cm³/mol. The van der Waals surface area contributed by atoms with Crippen molar-refractivity contribution in [2.24, 2.45) is 0 Å². The molecule has 0 atom stereocenters. The fraction of sp³-hybridized carbons (Fsp3) is 0.364. The molecule has 0 saturated carbocycles. The van der Waals surface area contributed by atoms with Crippen molar-refractivity contribution in [2.45, 2.75) is 25.9 Å². The standard InChI is InChI=1S/C22H26ClN3O5S/c1-31-20-9-8-18(12-19(20)23)26(32(2,29)30)15-21(27)24-13-16-5-3-6-17(11-16)14-25-10-4-7-22(25)28/h3,5-6,8-9,11-12H,4,7,10,13-15H2,1-2H3,(H,24,27). The first-order chi connectivity index (χ1) is 15.2. The lowest BCUT2D eigenvalue weighted by atomic mass is 10.1. The molecule has 8 nitrogen and oxygen atoms in total. The zero-order valence-electron chi connectivity index (χ0n) is 18.0. The molecule has 172 valence electrons. The fourth-order valence-corrected chi connectivity index (χ4v) is 4.63. The number of anilines is 1. The van der Waals surface area contributed by atoms with Crippen molar-refractivity contribution in [3.8, 4) is 5.75 Å². The van der Waals surface area contributed by atoms with Gasteiger partial charge in [0.15, 0.2) is 0 Å². The molecule has 32 heavy (non-hydrogen) atoms. The molecule has 1 aliphatic rings. The van der Waals surface area contributed by atoms with Crippen LogP contribution in [0.4, 0.5) is 5.69 Å². The van der Waals surface area contributed by atoms with E-state index >= 15 is 0 Å². The maximum atomic E-state index is 12.5. The van der Waals surface area contributed by atoms with Crippen LogP contribution in [0.2, 0.25) is 5.02 Å². The molecule has 2 aromatic carbocycles. The van der Waals surface area contributed by atoms with Crippen molar-refractivity contribution in [1.82, 2.24) is 10.2 Å². The molecule has 2 aromatic rings. The Bertz CT molecular complexity index is 1110. The highest BCUT2D eigenvalue weighted by Gasteiger charge is 2.22. The second kappa shape index (κ2) is 10.2. The number of nitrogens with one attached hydrogen (secondary N) is 1. The Balaban J connectivity index is 1.64. The SMILES string of the molecule is COc1ccc(N(CC(=O)NCc2cccc(CN3CCCC3=O)c2)S(C)(=O)=O)cc1Cl. The lowest BCUT2D eigenvalue weighted by Crippen LogP contribution is -2.40. The van der Waals surface area contributed by atoms with E-state index in [0.717, 1.165) is 34.7 Å². The maximum Gasteiger partial charge on any atom is 0.241 e. The summed E-state index contributed by atoms with van der Waals surface area (Å²) in [5, 5.41) is 3.00. The average Bonchev–Trinajstić information content (AvgIpc) is 3.14. The molecule has 3 rings (SSSR count). The Morgan fingerprint density at radius 1 is 1.22 bits per heavy atom. The van der Waals surface area contributed by atoms with Crippen LogP contribution in [-0.2, 0) is 32.7 Å². The molecule has 0 aliphatic carbocycles. The molecular weight excluding hydrogens is 454 g/mol. The number of rotatable bonds is 9. The van der Waals surface area contributed by atoms with Crippen LogP contribution in [0.1, 0.15) is 24.0 Å². The molecule has 0 unspecified atom stereocenters. The molecule has 1 N–H and O–H groups in total. The second-order valence-electron chi connectivity index (χ2n) is 7.60. The van der Waals surface area contributed by atoms with E-state index in [1.165, 1.54) is 19.2 Å². The minimum Gasteiger partial charge on any atom is -0.495 e. The smallest absolute Gasteiger partial charge is 0.241 e. The van der Waals surface area contributed by atoms with Crippen LogP contribution in [0.3, 0.4) is 0 Å². The van der Waals surface area contributed by atoms with Gasteiger partial charge in [0.05, 0.1) is 24.1 Å². The molecule has 1 aliphatic heterocycles.